The standard InChI is InChI=1S/C15H16FN3O3/c1-21-14-3-2-10(8-11(14)16)15(20)19-6-7-22-9-13(19)12-4-5-17-18-12/h2-5,8,13H,6-7,9H2,1H3,(H,17,18). The van der Waals surface area contributed by atoms with E-state index in [0.29, 0.717) is 19.8 Å². The van der Waals surface area contributed by atoms with E-state index < -0.39 is 5.82 Å². The van der Waals surface area contributed by atoms with Gasteiger partial charge in [0.25, 0.3) is 5.91 Å². The number of rotatable bonds is 3. The molecule has 1 aliphatic heterocycles. The van der Waals surface area contributed by atoms with Crippen molar-refractivity contribution in [2.45, 2.75) is 6.04 Å². The number of aromatic nitrogens is 2. The summed E-state index contributed by atoms with van der Waals surface area (Å²) in [5.41, 5.74) is 1.08. The van der Waals surface area contributed by atoms with Crippen molar-refractivity contribution in [2.24, 2.45) is 0 Å². The molecule has 1 aliphatic rings. The lowest BCUT2D eigenvalue weighted by molar-refractivity contribution is -0.00393. The lowest BCUT2D eigenvalue weighted by Gasteiger charge is -2.35. The molecule has 6 nitrogen and oxygen atoms in total. The van der Waals surface area contributed by atoms with Gasteiger partial charge in [0, 0.05) is 18.3 Å². The maximum Gasteiger partial charge on any atom is 0.254 e. The van der Waals surface area contributed by atoms with Gasteiger partial charge in [0.05, 0.1) is 32.1 Å². The molecule has 0 radical (unpaired) electrons. The van der Waals surface area contributed by atoms with Gasteiger partial charge in [-0.2, -0.15) is 5.10 Å². The number of aromatic amines is 1. The maximum atomic E-state index is 13.8. The summed E-state index contributed by atoms with van der Waals surface area (Å²) in [4.78, 5) is 14.4. The Morgan fingerprint density at radius 1 is 1.50 bits per heavy atom. The molecule has 1 amide bonds. The van der Waals surface area contributed by atoms with Crippen LogP contribution in [0, 0.1) is 5.82 Å². The fraction of sp³-hybridized carbons (Fsp3) is 0.333. The Morgan fingerprint density at radius 2 is 2.36 bits per heavy atom. The zero-order valence-corrected chi connectivity index (χ0v) is 12.1. The van der Waals surface area contributed by atoms with Crippen LogP contribution in [0.3, 0.4) is 0 Å². The van der Waals surface area contributed by atoms with Crippen LogP contribution < -0.4 is 4.74 Å². The highest BCUT2D eigenvalue weighted by Crippen LogP contribution is 2.26. The van der Waals surface area contributed by atoms with Crippen molar-refractivity contribution in [1.82, 2.24) is 15.1 Å². The molecular formula is C15H16FN3O3. The van der Waals surface area contributed by atoms with Crippen molar-refractivity contribution >= 4 is 5.91 Å². The molecule has 1 N–H and O–H groups in total. The van der Waals surface area contributed by atoms with Gasteiger partial charge < -0.3 is 14.4 Å². The molecule has 1 fully saturated rings. The van der Waals surface area contributed by atoms with E-state index in [1.807, 2.05) is 0 Å². The Morgan fingerprint density at radius 3 is 3.05 bits per heavy atom. The quantitative estimate of drug-likeness (QED) is 0.938. The van der Waals surface area contributed by atoms with Crippen LogP contribution in [0.2, 0.25) is 0 Å². The lowest BCUT2D eigenvalue weighted by atomic mass is 10.1. The molecule has 2 heterocycles. The van der Waals surface area contributed by atoms with Gasteiger partial charge in [-0.1, -0.05) is 0 Å². The third-order valence-electron chi connectivity index (χ3n) is 3.67. The smallest absolute Gasteiger partial charge is 0.254 e. The number of halogens is 1. The predicted octanol–water partition coefficient (Wildman–Crippen LogP) is 1.77. The van der Waals surface area contributed by atoms with Crippen LogP contribution in [0.1, 0.15) is 22.1 Å². The van der Waals surface area contributed by atoms with Gasteiger partial charge in [-0.3, -0.25) is 9.89 Å². The Bertz CT molecular complexity index is 660. The summed E-state index contributed by atoms with van der Waals surface area (Å²) in [6.07, 6.45) is 1.62. The molecule has 1 aromatic carbocycles. The summed E-state index contributed by atoms with van der Waals surface area (Å²) in [6, 6.07) is 5.75. The van der Waals surface area contributed by atoms with Gasteiger partial charge in [0.15, 0.2) is 11.6 Å². The number of hydrogen-bond acceptors (Lipinski definition) is 4. The molecule has 0 saturated carbocycles. The zero-order valence-electron chi connectivity index (χ0n) is 12.1. The van der Waals surface area contributed by atoms with Crippen LogP contribution >= 0.6 is 0 Å². The Labute approximate surface area is 126 Å². The molecule has 3 rings (SSSR count). The highest BCUT2D eigenvalue weighted by molar-refractivity contribution is 5.94. The van der Waals surface area contributed by atoms with Crippen molar-refractivity contribution in [1.29, 1.82) is 0 Å². The molecule has 22 heavy (non-hydrogen) atoms. The number of methoxy groups -OCH3 is 1. The fourth-order valence-corrected chi connectivity index (χ4v) is 2.52. The SMILES string of the molecule is COc1ccc(C(=O)N2CCOCC2c2ccn[nH]2)cc1F. The normalized spacial score (nSPS) is 18.3. The Hall–Kier alpha value is -2.41. The maximum absolute atomic E-state index is 13.8. The van der Waals surface area contributed by atoms with E-state index in [9.17, 15) is 9.18 Å². The largest absolute Gasteiger partial charge is 0.494 e. The summed E-state index contributed by atoms with van der Waals surface area (Å²) in [5.74, 6) is -0.687. The number of nitrogens with zero attached hydrogens (tertiary/aromatic N) is 2. The average molecular weight is 305 g/mol. The van der Waals surface area contributed by atoms with Gasteiger partial charge in [-0.15, -0.1) is 0 Å². The number of carbonyl (C=O) groups excluding carboxylic acids is 1. The van der Waals surface area contributed by atoms with E-state index >= 15 is 0 Å². The first-order valence-corrected chi connectivity index (χ1v) is 6.92. The van der Waals surface area contributed by atoms with Gasteiger partial charge in [0.1, 0.15) is 0 Å². The monoisotopic (exact) mass is 305 g/mol. The van der Waals surface area contributed by atoms with Crippen LogP contribution in [0.15, 0.2) is 30.5 Å². The number of nitrogens with one attached hydrogen (secondary N) is 1. The third-order valence-corrected chi connectivity index (χ3v) is 3.67. The second-order valence-corrected chi connectivity index (χ2v) is 4.95. The van der Waals surface area contributed by atoms with Crippen molar-refractivity contribution < 1.29 is 18.7 Å². The average Bonchev–Trinajstić information content (AvgIpc) is 3.08. The van der Waals surface area contributed by atoms with Crippen molar-refractivity contribution in [3.8, 4) is 5.75 Å². The zero-order chi connectivity index (χ0) is 15.5. The van der Waals surface area contributed by atoms with E-state index in [1.165, 1.54) is 19.2 Å². The molecule has 1 atom stereocenters. The van der Waals surface area contributed by atoms with Crippen molar-refractivity contribution in [3.63, 3.8) is 0 Å². The van der Waals surface area contributed by atoms with E-state index in [1.54, 1.807) is 23.2 Å². The van der Waals surface area contributed by atoms with Crippen LogP contribution in [-0.4, -0.2) is 47.9 Å². The number of morpholine rings is 1. The molecule has 1 aromatic heterocycles. The summed E-state index contributed by atoms with van der Waals surface area (Å²) in [5, 5.41) is 6.76. The molecular weight excluding hydrogens is 289 g/mol. The molecule has 2 aromatic rings. The van der Waals surface area contributed by atoms with Crippen LogP contribution in [0.25, 0.3) is 0 Å². The van der Waals surface area contributed by atoms with Crippen LogP contribution in [-0.2, 0) is 4.74 Å². The second-order valence-electron chi connectivity index (χ2n) is 4.95. The minimum atomic E-state index is -0.556. The van der Waals surface area contributed by atoms with E-state index in [0.717, 1.165) is 5.69 Å². The van der Waals surface area contributed by atoms with E-state index in [2.05, 4.69) is 10.2 Å². The Balaban J connectivity index is 1.87. The number of amides is 1. The van der Waals surface area contributed by atoms with Crippen molar-refractivity contribution in [2.75, 3.05) is 26.9 Å². The minimum absolute atomic E-state index is 0.114. The van der Waals surface area contributed by atoms with Crippen molar-refractivity contribution in [3.05, 3.63) is 47.5 Å². The summed E-state index contributed by atoms with van der Waals surface area (Å²) < 4.78 is 24.1. The number of carbonyl (C=O) groups is 1. The highest BCUT2D eigenvalue weighted by atomic mass is 19.1. The first-order chi connectivity index (χ1) is 10.7. The third kappa shape index (κ3) is 2.67. The first-order valence-electron chi connectivity index (χ1n) is 6.92. The molecule has 0 aliphatic carbocycles. The molecule has 0 spiro atoms. The number of benzene rings is 1. The van der Waals surface area contributed by atoms with Gasteiger partial charge in [0.2, 0.25) is 0 Å². The first kappa shape index (κ1) is 14.5. The summed E-state index contributed by atoms with van der Waals surface area (Å²) in [6.45, 7) is 1.28. The van der Waals surface area contributed by atoms with Crippen LogP contribution in [0.5, 0.6) is 5.75 Å². The van der Waals surface area contributed by atoms with E-state index in [4.69, 9.17) is 9.47 Å². The topological polar surface area (TPSA) is 67.4 Å². The summed E-state index contributed by atoms with van der Waals surface area (Å²) >= 11 is 0. The molecule has 1 unspecified atom stereocenters. The number of hydrogen-bond donors (Lipinski definition) is 1. The lowest BCUT2D eigenvalue weighted by Crippen LogP contribution is -2.43. The van der Waals surface area contributed by atoms with Gasteiger partial charge >= 0.3 is 0 Å². The second kappa shape index (κ2) is 6.15. The molecule has 7 heteroatoms. The van der Waals surface area contributed by atoms with Gasteiger partial charge in [-0.25, -0.2) is 4.39 Å². The highest BCUT2D eigenvalue weighted by Gasteiger charge is 2.30. The fourth-order valence-electron chi connectivity index (χ4n) is 2.52. The Kier molecular flexibility index (Phi) is 4.06. The summed E-state index contributed by atoms with van der Waals surface area (Å²) in [7, 11) is 1.39. The molecule has 0 bridgehead atoms. The number of ether oxygens (including phenoxy) is 2. The molecule has 116 valence electrons. The minimum Gasteiger partial charge on any atom is -0.494 e. The van der Waals surface area contributed by atoms with Crippen LogP contribution in [0.4, 0.5) is 4.39 Å². The predicted molar refractivity (Wildman–Crippen MR) is 76.1 cm³/mol. The molecule has 1 saturated heterocycles. The van der Waals surface area contributed by atoms with Gasteiger partial charge in [-0.05, 0) is 24.3 Å². The van der Waals surface area contributed by atoms with E-state index in [-0.39, 0.29) is 23.3 Å². The number of H-pyrrole nitrogens is 1.